The van der Waals surface area contributed by atoms with E-state index in [0.717, 1.165) is 18.2 Å². The maximum Gasteiger partial charge on any atom is 0.120 e. The largest absolute Gasteiger partial charge is 0.468 e. The molecule has 2 rings (SSSR count). The Balaban J connectivity index is 1.65. The zero-order valence-electron chi connectivity index (χ0n) is 8.83. The lowest BCUT2D eigenvalue weighted by atomic mass is 9.83. The average Bonchev–Trinajstić information content (AvgIpc) is 2.61. The lowest BCUT2D eigenvalue weighted by molar-refractivity contribution is 0.285. The van der Waals surface area contributed by atoms with Gasteiger partial charge in [0.1, 0.15) is 5.76 Å². The SMILES string of the molecule is CC(NCCC1CCC1)c1ccco1. The Morgan fingerprint density at radius 2 is 2.43 bits per heavy atom. The van der Waals surface area contributed by atoms with Gasteiger partial charge < -0.3 is 9.73 Å². The minimum Gasteiger partial charge on any atom is -0.468 e. The molecular formula is C12H19NO. The van der Waals surface area contributed by atoms with E-state index in [0.29, 0.717) is 6.04 Å². The minimum atomic E-state index is 0.352. The molecule has 0 aliphatic heterocycles. The van der Waals surface area contributed by atoms with Crippen LogP contribution in [0.3, 0.4) is 0 Å². The fourth-order valence-electron chi connectivity index (χ4n) is 1.92. The van der Waals surface area contributed by atoms with Crippen molar-refractivity contribution in [3.63, 3.8) is 0 Å². The number of furan rings is 1. The van der Waals surface area contributed by atoms with E-state index in [2.05, 4.69) is 12.2 Å². The molecule has 1 atom stereocenters. The van der Waals surface area contributed by atoms with Crippen LogP contribution in [-0.4, -0.2) is 6.54 Å². The van der Waals surface area contributed by atoms with Gasteiger partial charge in [-0.3, -0.25) is 0 Å². The van der Waals surface area contributed by atoms with E-state index in [9.17, 15) is 0 Å². The van der Waals surface area contributed by atoms with Crippen molar-refractivity contribution in [1.82, 2.24) is 5.32 Å². The highest BCUT2D eigenvalue weighted by Crippen LogP contribution is 2.29. The van der Waals surface area contributed by atoms with Gasteiger partial charge in [0, 0.05) is 0 Å². The normalized spacial score (nSPS) is 19.2. The highest BCUT2D eigenvalue weighted by Gasteiger charge is 2.17. The highest BCUT2D eigenvalue weighted by molar-refractivity contribution is 5.02. The van der Waals surface area contributed by atoms with Crippen LogP contribution in [0.2, 0.25) is 0 Å². The Morgan fingerprint density at radius 3 is 3.00 bits per heavy atom. The van der Waals surface area contributed by atoms with Crippen molar-refractivity contribution >= 4 is 0 Å². The van der Waals surface area contributed by atoms with Crippen LogP contribution in [0.1, 0.15) is 44.4 Å². The summed E-state index contributed by atoms with van der Waals surface area (Å²) in [5, 5.41) is 3.49. The van der Waals surface area contributed by atoms with Gasteiger partial charge in [-0.2, -0.15) is 0 Å². The molecule has 0 amide bonds. The first-order valence-corrected chi connectivity index (χ1v) is 5.63. The molecule has 1 aromatic rings. The predicted octanol–water partition coefficient (Wildman–Crippen LogP) is 3.12. The fourth-order valence-corrected chi connectivity index (χ4v) is 1.92. The average molecular weight is 193 g/mol. The van der Waals surface area contributed by atoms with Crippen LogP contribution in [0.15, 0.2) is 22.8 Å². The summed E-state index contributed by atoms with van der Waals surface area (Å²) in [4.78, 5) is 0. The van der Waals surface area contributed by atoms with Gasteiger partial charge in [0.25, 0.3) is 0 Å². The summed E-state index contributed by atoms with van der Waals surface area (Å²) in [6.07, 6.45) is 7.39. The maximum atomic E-state index is 5.33. The van der Waals surface area contributed by atoms with Crippen molar-refractivity contribution < 1.29 is 4.42 Å². The van der Waals surface area contributed by atoms with Crippen molar-refractivity contribution in [2.75, 3.05) is 6.54 Å². The first-order valence-electron chi connectivity index (χ1n) is 5.63. The molecule has 1 fully saturated rings. The van der Waals surface area contributed by atoms with Crippen molar-refractivity contribution in [3.05, 3.63) is 24.2 Å². The van der Waals surface area contributed by atoms with Crippen LogP contribution in [0.4, 0.5) is 0 Å². The number of hydrogen-bond donors (Lipinski definition) is 1. The molecule has 0 bridgehead atoms. The van der Waals surface area contributed by atoms with Gasteiger partial charge >= 0.3 is 0 Å². The van der Waals surface area contributed by atoms with Crippen LogP contribution < -0.4 is 5.32 Å². The Morgan fingerprint density at radius 1 is 1.57 bits per heavy atom. The van der Waals surface area contributed by atoms with Gasteiger partial charge in [0.15, 0.2) is 0 Å². The Kier molecular flexibility index (Phi) is 3.25. The second-order valence-corrected chi connectivity index (χ2v) is 4.28. The van der Waals surface area contributed by atoms with Gasteiger partial charge in [-0.1, -0.05) is 19.3 Å². The Labute approximate surface area is 85.7 Å². The molecule has 1 aliphatic rings. The molecule has 1 aromatic heterocycles. The second kappa shape index (κ2) is 4.65. The molecule has 1 heterocycles. The topological polar surface area (TPSA) is 25.2 Å². The monoisotopic (exact) mass is 193 g/mol. The molecule has 2 heteroatoms. The molecule has 0 aromatic carbocycles. The first-order chi connectivity index (χ1) is 6.86. The van der Waals surface area contributed by atoms with Gasteiger partial charge in [0.2, 0.25) is 0 Å². The molecule has 0 radical (unpaired) electrons. The molecule has 1 N–H and O–H groups in total. The van der Waals surface area contributed by atoms with Crippen molar-refractivity contribution in [2.45, 2.75) is 38.6 Å². The van der Waals surface area contributed by atoms with Crippen LogP contribution >= 0.6 is 0 Å². The summed E-state index contributed by atoms with van der Waals surface area (Å²) in [5.74, 6) is 2.03. The summed E-state index contributed by atoms with van der Waals surface area (Å²) in [6.45, 7) is 3.27. The van der Waals surface area contributed by atoms with Gasteiger partial charge in [-0.25, -0.2) is 0 Å². The Hall–Kier alpha value is -0.760. The van der Waals surface area contributed by atoms with E-state index in [1.165, 1.54) is 25.7 Å². The smallest absolute Gasteiger partial charge is 0.120 e. The zero-order chi connectivity index (χ0) is 9.80. The summed E-state index contributed by atoms with van der Waals surface area (Å²) in [5.41, 5.74) is 0. The maximum absolute atomic E-state index is 5.33. The van der Waals surface area contributed by atoms with E-state index in [1.54, 1.807) is 6.26 Å². The van der Waals surface area contributed by atoms with Crippen LogP contribution in [0.25, 0.3) is 0 Å². The Bertz CT molecular complexity index is 251. The number of rotatable bonds is 5. The number of hydrogen-bond acceptors (Lipinski definition) is 2. The summed E-state index contributed by atoms with van der Waals surface area (Å²) < 4.78 is 5.33. The molecule has 0 saturated heterocycles. The predicted molar refractivity (Wildman–Crippen MR) is 57.1 cm³/mol. The van der Waals surface area contributed by atoms with E-state index in [1.807, 2.05) is 12.1 Å². The lowest BCUT2D eigenvalue weighted by Gasteiger charge is -2.25. The summed E-state index contributed by atoms with van der Waals surface area (Å²) in [7, 11) is 0. The second-order valence-electron chi connectivity index (χ2n) is 4.28. The first kappa shape index (κ1) is 9.78. The molecule has 78 valence electrons. The summed E-state index contributed by atoms with van der Waals surface area (Å²) in [6, 6.07) is 4.32. The van der Waals surface area contributed by atoms with Crippen molar-refractivity contribution in [3.8, 4) is 0 Å². The van der Waals surface area contributed by atoms with Crippen LogP contribution in [0.5, 0.6) is 0 Å². The lowest BCUT2D eigenvalue weighted by Crippen LogP contribution is -2.23. The molecule has 2 nitrogen and oxygen atoms in total. The van der Waals surface area contributed by atoms with Crippen LogP contribution in [-0.2, 0) is 0 Å². The van der Waals surface area contributed by atoms with Gasteiger partial charge in [-0.05, 0) is 37.9 Å². The standard InChI is InChI=1S/C12H19NO/c1-10(12-6-3-9-14-12)13-8-7-11-4-2-5-11/h3,6,9-11,13H,2,4-5,7-8H2,1H3. The molecule has 0 spiro atoms. The molecular weight excluding hydrogens is 174 g/mol. The molecule has 1 aliphatic carbocycles. The van der Waals surface area contributed by atoms with Gasteiger partial charge in [0.05, 0.1) is 12.3 Å². The zero-order valence-corrected chi connectivity index (χ0v) is 8.83. The van der Waals surface area contributed by atoms with Crippen molar-refractivity contribution in [2.24, 2.45) is 5.92 Å². The molecule has 1 unspecified atom stereocenters. The highest BCUT2D eigenvalue weighted by atomic mass is 16.3. The number of nitrogens with one attached hydrogen (secondary N) is 1. The van der Waals surface area contributed by atoms with E-state index < -0.39 is 0 Å². The molecule has 14 heavy (non-hydrogen) atoms. The van der Waals surface area contributed by atoms with Crippen LogP contribution in [0, 0.1) is 5.92 Å². The van der Waals surface area contributed by atoms with E-state index in [4.69, 9.17) is 4.42 Å². The van der Waals surface area contributed by atoms with Crippen molar-refractivity contribution in [1.29, 1.82) is 0 Å². The fraction of sp³-hybridized carbons (Fsp3) is 0.667. The minimum absolute atomic E-state index is 0.352. The van der Waals surface area contributed by atoms with E-state index in [-0.39, 0.29) is 0 Å². The molecule has 1 saturated carbocycles. The quantitative estimate of drug-likeness (QED) is 0.777. The third-order valence-corrected chi connectivity index (χ3v) is 3.20. The third-order valence-electron chi connectivity index (χ3n) is 3.20. The third kappa shape index (κ3) is 2.38. The summed E-state index contributed by atoms with van der Waals surface area (Å²) >= 11 is 0. The van der Waals surface area contributed by atoms with Gasteiger partial charge in [-0.15, -0.1) is 0 Å². The van der Waals surface area contributed by atoms with E-state index >= 15 is 0 Å².